The van der Waals surface area contributed by atoms with E-state index in [9.17, 15) is 19.7 Å². The van der Waals surface area contributed by atoms with Gasteiger partial charge in [-0.3, -0.25) is 14.9 Å². The topological polar surface area (TPSA) is 111 Å². The first-order chi connectivity index (χ1) is 10.7. The first kappa shape index (κ1) is 17.1. The van der Waals surface area contributed by atoms with E-state index in [0.717, 1.165) is 0 Å². The van der Waals surface area contributed by atoms with Crippen molar-refractivity contribution in [3.05, 3.63) is 33.9 Å². The van der Waals surface area contributed by atoms with Crippen molar-refractivity contribution in [2.75, 3.05) is 5.75 Å². The predicted octanol–water partition coefficient (Wildman–Crippen LogP) is 2.34. The molecule has 8 nitrogen and oxygen atoms in total. The summed E-state index contributed by atoms with van der Waals surface area (Å²) >= 11 is 1.35. The summed E-state index contributed by atoms with van der Waals surface area (Å²) in [5.41, 5.74) is -0.263. The molecule has 124 valence electrons. The van der Waals surface area contributed by atoms with Gasteiger partial charge in [0.1, 0.15) is 5.37 Å². The fourth-order valence-corrected chi connectivity index (χ4v) is 2.88. The van der Waals surface area contributed by atoms with Crippen molar-refractivity contribution in [3.63, 3.8) is 0 Å². The van der Waals surface area contributed by atoms with E-state index in [0.29, 0.717) is 11.3 Å². The number of nitrogens with zero attached hydrogens (tertiary/aromatic N) is 1. The molecule has 1 aromatic rings. The fourth-order valence-electron chi connectivity index (χ4n) is 1.93. The number of carbonyl (C=O) groups excluding carboxylic acids is 2. The zero-order valence-corrected chi connectivity index (χ0v) is 13.7. The lowest BCUT2D eigenvalue weighted by Gasteiger charge is -2.19. The van der Waals surface area contributed by atoms with Crippen molar-refractivity contribution in [1.29, 1.82) is 0 Å². The van der Waals surface area contributed by atoms with Gasteiger partial charge < -0.3 is 15.4 Å². The van der Waals surface area contributed by atoms with Gasteiger partial charge in [0, 0.05) is 11.6 Å². The monoisotopic (exact) mass is 339 g/mol. The molecule has 1 aliphatic rings. The van der Waals surface area contributed by atoms with Crippen LogP contribution in [0.15, 0.2) is 18.2 Å². The number of nitro groups is 1. The van der Waals surface area contributed by atoms with Crippen LogP contribution in [0.1, 0.15) is 31.7 Å². The molecule has 1 aromatic carbocycles. The molecule has 1 aliphatic heterocycles. The Morgan fingerprint density at radius 3 is 2.70 bits per heavy atom. The molecule has 23 heavy (non-hydrogen) atoms. The van der Waals surface area contributed by atoms with E-state index in [2.05, 4.69) is 10.6 Å². The number of carbonyl (C=O) groups is 2. The summed E-state index contributed by atoms with van der Waals surface area (Å²) in [4.78, 5) is 33.6. The third-order valence-corrected chi connectivity index (χ3v) is 3.99. The van der Waals surface area contributed by atoms with Gasteiger partial charge in [0.05, 0.1) is 10.7 Å². The maximum Gasteiger partial charge on any atom is 0.413 e. The molecule has 2 rings (SSSR count). The van der Waals surface area contributed by atoms with Gasteiger partial charge in [0.15, 0.2) is 0 Å². The molecular weight excluding hydrogens is 322 g/mol. The van der Waals surface area contributed by atoms with Crippen LogP contribution in [0.5, 0.6) is 5.75 Å². The van der Waals surface area contributed by atoms with E-state index in [1.807, 2.05) is 0 Å². The number of thioether (sulfide) groups is 1. The number of nitrogens with one attached hydrogen (secondary N) is 2. The van der Waals surface area contributed by atoms with E-state index in [-0.39, 0.29) is 22.7 Å². The molecule has 1 saturated heterocycles. The predicted molar refractivity (Wildman–Crippen MR) is 85.4 cm³/mol. The Morgan fingerprint density at radius 1 is 1.48 bits per heavy atom. The highest BCUT2D eigenvalue weighted by molar-refractivity contribution is 8.00. The van der Waals surface area contributed by atoms with Crippen LogP contribution in [-0.4, -0.2) is 28.2 Å². The lowest BCUT2D eigenvalue weighted by Crippen LogP contribution is -2.42. The van der Waals surface area contributed by atoms with Gasteiger partial charge in [-0.25, -0.2) is 4.79 Å². The smallest absolute Gasteiger partial charge is 0.403 e. The summed E-state index contributed by atoms with van der Waals surface area (Å²) in [6.07, 6.45) is -0.767. The molecule has 1 heterocycles. The molecule has 0 aliphatic carbocycles. The molecule has 0 saturated carbocycles. The van der Waals surface area contributed by atoms with Gasteiger partial charge in [0.2, 0.25) is 11.7 Å². The number of amides is 2. The molecule has 0 spiro atoms. The summed E-state index contributed by atoms with van der Waals surface area (Å²) in [7, 11) is 0. The number of rotatable bonds is 3. The second-order valence-corrected chi connectivity index (χ2v) is 7.10. The fraction of sp³-hybridized carbons (Fsp3) is 0.429. The largest absolute Gasteiger partial charge is 0.413 e. The normalized spacial score (nSPS) is 17.5. The molecule has 1 unspecified atom stereocenters. The number of benzene rings is 1. The Morgan fingerprint density at radius 2 is 2.17 bits per heavy atom. The lowest BCUT2D eigenvalue weighted by atomic mass is 10.1. The van der Waals surface area contributed by atoms with Gasteiger partial charge in [-0.2, -0.15) is 0 Å². The number of ether oxygens (including phenoxy) is 1. The van der Waals surface area contributed by atoms with Crippen molar-refractivity contribution in [2.45, 2.75) is 31.7 Å². The Balaban J connectivity index is 2.21. The SMILES string of the molecule is CC(C)(C)NC(=O)Oc1ccc(C2NC(=O)CS2)cc1[N+](=O)[O-]. The van der Waals surface area contributed by atoms with Crippen LogP contribution in [0.25, 0.3) is 0 Å². The highest BCUT2D eigenvalue weighted by Crippen LogP contribution is 2.36. The number of hydrogen-bond acceptors (Lipinski definition) is 6. The van der Waals surface area contributed by atoms with Crippen LogP contribution >= 0.6 is 11.8 Å². The molecule has 9 heteroatoms. The first-order valence-corrected chi connectivity index (χ1v) is 7.90. The van der Waals surface area contributed by atoms with Crippen molar-refractivity contribution in [1.82, 2.24) is 10.6 Å². The minimum atomic E-state index is -0.767. The van der Waals surface area contributed by atoms with E-state index in [1.54, 1.807) is 26.8 Å². The zero-order valence-electron chi connectivity index (χ0n) is 12.9. The van der Waals surface area contributed by atoms with Crippen LogP contribution in [0.2, 0.25) is 0 Å². The van der Waals surface area contributed by atoms with Gasteiger partial charge in [-0.05, 0) is 32.4 Å². The second kappa shape index (κ2) is 6.45. The molecule has 2 N–H and O–H groups in total. The van der Waals surface area contributed by atoms with E-state index >= 15 is 0 Å². The third kappa shape index (κ3) is 4.59. The minimum absolute atomic E-state index is 0.118. The van der Waals surface area contributed by atoms with Crippen LogP contribution < -0.4 is 15.4 Å². The molecule has 0 aromatic heterocycles. The summed E-state index contributed by atoms with van der Waals surface area (Å²) in [6.45, 7) is 5.31. The molecular formula is C14H17N3O5S. The summed E-state index contributed by atoms with van der Waals surface area (Å²) in [5, 5.41) is 16.2. The molecule has 1 atom stereocenters. The Labute approximate surface area is 137 Å². The van der Waals surface area contributed by atoms with E-state index in [4.69, 9.17) is 4.74 Å². The Kier molecular flexibility index (Phi) is 4.79. The minimum Gasteiger partial charge on any atom is -0.403 e. The van der Waals surface area contributed by atoms with Gasteiger partial charge in [-0.1, -0.05) is 6.07 Å². The highest BCUT2D eigenvalue weighted by atomic mass is 32.2. The molecule has 1 fully saturated rings. The molecule has 0 bridgehead atoms. The lowest BCUT2D eigenvalue weighted by molar-refractivity contribution is -0.385. The van der Waals surface area contributed by atoms with E-state index in [1.165, 1.54) is 23.9 Å². The van der Waals surface area contributed by atoms with Crippen LogP contribution in [0.3, 0.4) is 0 Å². The standard InChI is InChI=1S/C14H17N3O5S/c1-14(2,3)16-13(19)22-10-5-4-8(6-9(10)17(20)21)12-15-11(18)7-23-12/h4-6,12H,7H2,1-3H3,(H,15,18)(H,16,19). The van der Waals surface area contributed by atoms with Crippen LogP contribution in [0.4, 0.5) is 10.5 Å². The summed E-state index contributed by atoms with van der Waals surface area (Å²) < 4.78 is 5.04. The Hall–Kier alpha value is -2.29. The third-order valence-electron chi connectivity index (χ3n) is 2.84. The number of hydrogen-bond donors (Lipinski definition) is 2. The van der Waals surface area contributed by atoms with Gasteiger partial charge in [0.25, 0.3) is 0 Å². The van der Waals surface area contributed by atoms with E-state index < -0.39 is 16.6 Å². The average molecular weight is 339 g/mol. The quantitative estimate of drug-likeness (QED) is 0.646. The van der Waals surface area contributed by atoms with Gasteiger partial charge in [-0.15, -0.1) is 11.8 Å². The van der Waals surface area contributed by atoms with Crippen molar-refractivity contribution < 1.29 is 19.2 Å². The van der Waals surface area contributed by atoms with Crippen LogP contribution in [0, 0.1) is 10.1 Å². The average Bonchev–Trinajstić information content (AvgIpc) is 2.83. The van der Waals surface area contributed by atoms with Gasteiger partial charge >= 0.3 is 11.8 Å². The second-order valence-electron chi connectivity index (χ2n) is 6.01. The zero-order chi connectivity index (χ0) is 17.2. The molecule has 0 radical (unpaired) electrons. The van der Waals surface area contributed by atoms with Crippen molar-refractivity contribution >= 4 is 29.4 Å². The summed E-state index contributed by atoms with van der Waals surface area (Å²) in [6, 6.07) is 4.26. The molecule has 2 amide bonds. The van der Waals surface area contributed by atoms with Crippen molar-refractivity contribution in [2.24, 2.45) is 0 Å². The summed E-state index contributed by atoms with van der Waals surface area (Å²) in [5.74, 6) is 0.0485. The maximum atomic E-state index is 11.8. The highest BCUT2D eigenvalue weighted by Gasteiger charge is 2.27. The van der Waals surface area contributed by atoms with Crippen molar-refractivity contribution in [3.8, 4) is 5.75 Å². The maximum absolute atomic E-state index is 11.8. The first-order valence-electron chi connectivity index (χ1n) is 6.85. The Bertz CT molecular complexity index is 656. The number of nitro benzene ring substituents is 1. The van der Waals surface area contributed by atoms with Crippen LogP contribution in [-0.2, 0) is 4.79 Å².